The van der Waals surface area contributed by atoms with Gasteiger partial charge in [0.25, 0.3) is 0 Å². The van der Waals surface area contributed by atoms with Gasteiger partial charge in [0.2, 0.25) is 0 Å². The summed E-state index contributed by atoms with van der Waals surface area (Å²) in [6, 6.07) is 11.5. The van der Waals surface area contributed by atoms with Crippen LogP contribution in [0.2, 0.25) is 0 Å². The van der Waals surface area contributed by atoms with E-state index in [4.69, 9.17) is 11.1 Å². The number of nitrogens with one attached hydrogen (secondary N) is 1. The zero-order valence-electron chi connectivity index (χ0n) is 15.5. The number of benzene rings is 2. The van der Waals surface area contributed by atoms with E-state index in [1.165, 1.54) is 59.7 Å². The van der Waals surface area contributed by atoms with Crippen molar-refractivity contribution in [2.24, 2.45) is 29.4 Å². The monoisotopic (exact) mass is 423 g/mol. The molecular weight excluding hydrogens is 398 g/mol. The quantitative estimate of drug-likeness (QED) is 0.388. The minimum atomic E-state index is 0.229. The van der Waals surface area contributed by atoms with Crippen molar-refractivity contribution >= 4 is 38.3 Å². The molecule has 0 aliphatic heterocycles. The molecule has 3 N–H and O–H groups in total. The summed E-state index contributed by atoms with van der Waals surface area (Å²) in [6.07, 6.45) is 7.84. The molecule has 140 valence electrons. The molecule has 7 rings (SSSR count). The second-order valence-electron chi connectivity index (χ2n) is 9.36. The Kier molecular flexibility index (Phi) is 3.48. The second-order valence-corrected chi connectivity index (χ2v) is 10.5. The van der Waals surface area contributed by atoms with Crippen LogP contribution >= 0.6 is 15.9 Å². The van der Waals surface area contributed by atoms with Crippen LogP contribution in [0.25, 0.3) is 10.8 Å². The van der Waals surface area contributed by atoms with Gasteiger partial charge in [0.05, 0.1) is 0 Å². The zero-order valence-corrected chi connectivity index (χ0v) is 17.1. The Hall–Kier alpha value is -1.55. The molecule has 5 aliphatic carbocycles. The third kappa shape index (κ3) is 2.28. The molecule has 5 aliphatic rings. The number of hydrogen-bond donors (Lipinski definition) is 2. The Labute approximate surface area is 168 Å². The first-order chi connectivity index (χ1) is 13.1. The molecule has 2 aromatic carbocycles. The first-order valence-corrected chi connectivity index (χ1v) is 11.3. The Morgan fingerprint density at radius 1 is 1.00 bits per heavy atom. The smallest absolute Gasteiger partial charge is 0.193 e. The second kappa shape index (κ2) is 5.73. The van der Waals surface area contributed by atoms with Crippen LogP contribution in [0.4, 0.5) is 5.69 Å². The number of guanidine groups is 1. The summed E-state index contributed by atoms with van der Waals surface area (Å²) in [5, 5.41) is 11.2. The number of hydrogen-bond acceptors (Lipinski definition) is 1. The largest absolute Gasteiger partial charge is 0.370 e. The molecule has 1 atom stereocenters. The Balaban J connectivity index is 1.51. The fourth-order valence-corrected chi connectivity index (χ4v) is 8.05. The van der Waals surface area contributed by atoms with Crippen LogP contribution in [0.5, 0.6) is 0 Å². The number of rotatable bonds is 2. The van der Waals surface area contributed by atoms with Crippen LogP contribution < -0.4 is 10.6 Å². The van der Waals surface area contributed by atoms with E-state index in [-0.39, 0.29) is 5.96 Å². The summed E-state index contributed by atoms with van der Waals surface area (Å²) in [7, 11) is 0. The number of nitrogens with zero attached hydrogens (tertiary/aromatic N) is 1. The molecule has 1 unspecified atom stereocenters. The van der Waals surface area contributed by atoms with Crippen molar-refractivity contribution in [1.82, 2.24) is 0 Å². The number of halogens is 1. The molecule has 2 aromatic rings. The summed E-state index contributed by atoms with van der Waals surface area (Å²) in [5.41, 5.74) is 10.2. The van der Waals surface area contributed by atoms with Gasteiger partial charge < -0.3 is 10.6 Å². The topological polar surface area (TPSA) is 53.1 Å². The molecule has 0 amide bonds. The van der Waals surface area contributed by atoms with Crippen LogP contribution in [-0.4, -0.2) is 12.0 Å². The fourth-order valence-electron chi connectivity index (χ4n) is 7.24. The molecule has 0 heterocycles. The van der Waals surface area contributed by atoms with Crippen molar-refractivity contribution in [3.8, 4) is 0 Å². The Bertz CT molecular complexity index is 924. The highest BCUT2D eigenvalue weighted by molar-refractivity contribution is 9.09. The summed E-state index contributed by atoms with van der Waals surface area (Å²) >= 11 is 3.94. The average molecular weight is 424 g/mol. The van der Waals surface area contributed by atoms with Crippen molar-refractivity contribution in [3.05, 3.63) is 41.5 Å². The van der Waals surface area contributed by atoms with E-state index in [9.17, 15) is 0 Å². The average Bonchev–Trinajstić information content (AvgIpc) is 2.96. The lowest BCUT2D eigenvalue weighted by Gasteiger charge is -2.57. The van der Waals surface area contributed by atoms with E-state index in [0.29, 0.717) is 22.7 Å². The number of anilines is 1. The van der Waals surface area contributed by atoms with Gasteiger partial charge in [-0.05, 0) is 90.2 Å². The molecule has 4 heteroatoms. The standard InChI is InChI=1S/C23H26BrN3/c24-18-11-15-3-1-2-14-4-5-19(21(18)20(14)15)27(23(25)26)22-16-7-12-6-13(9-16)10-17(22)8-12/h1-5,12-13,16-18,22H,6-11H2,(H3,25,26). The van der Waals surface area contributed by atoms with Crippen LogP contribution in [0, 0.1) is 29.1 Å². The number of nitrogens with two attached hydrogens (primary N) is 1. The highest BCUT2D eigenvalue weighted by Crippen LogP contribution is 2.56. The highest BCUT2D eigenvalue weighted by Gasteiger charge is 2.51. The van der Waals surface area contributed by atoms with Crippen LogP contribution in [0.3, 0.4) is 0 Å². The van der Waals surface area contributed by atoms with Crippen molar-refractivity contribution < 1.29 is 0 Å². The number of alkyl halides is 1. The molecular formula is C23H26BrN3. The minimum absolute atomic E-state index is 0.229. The third-order valence-corrected chi connectivity index (χ3v) is 8.64. The third-order valence-electron chi connectivity index (χ3n) is 7.86. The van der Waals surface area contributed by atoms with Gasteiger partial charge in [-0.25, -0.2) is 0 Å². The van der Waals surface area contributed by atoms with Gasteiger partial charge in [-0.1, -0.05) is 40.2 Å². The van der Waals surface area contributed by atoms with E-state index in [0.717, 1.165) is 18.3 Å². The maximum atomic E-state index is 8.52. The minimum Gasteiger partial charge on any atom is -0.370 e. The molecule has 0 spiro atoms. The fraction of sp³-hybridized carbons (Fsp3) is 0.522. The van der Waals surface area contributed by atoms with Crippen LogP contribution in [0.1, 0.15) is 48.1 Å². The molecule has 27 heavy (non-hydrogen) atoms. The van der Waals surface area contributed by atoms with E-state index in [1.807, 2.05) is 0 Å². The van der Waals surface area contributed by atoms with E-state index < -0.39 is 0 Å². The molecule has 0 radical (unpaired) electrons. The van der Waals surface area contributed by atoms with Gasteiger partial charge in [-0.2, -0.15) is 0 Å². The van der Waals surface area contributed by atoms with Crippen molar-refractivity contribution in [2.45, 2.75) is 49.4 Å². The summed E-state index contributed by atoms with van der Waals surface area (Å²) in [4.78, 5) is 2.55. The van der Waals surface area contributed by atoms with Gasteiger partial charge in [0.1, 0.15) is 0 Å². The SMILES string of the molecule is N=C(N)N(c1ccc2cccc3c2c1C(Br)C3)C1C2CC3CC(C2)CC1C3. The molecule has 0 aromatic heterocycles. The normalized spacial score (nSPS) is 35.7. The highest BCUT2D eigenvalue weighted by atomic mass is 79.9. The maximum absolute atomic E-state index is 8.52. The Morgan fingerprint density at radius 3 is 2.37 bits per heavy atom. The van der Waals surface area contributed by atoms with Gasteiger partial charge in [-0.15, -0.1) is 0 Å². The van der Waals surface area contributed by atoms with E-state index >= 15 is 0 Å². The Morgan fingerprint density at radius 2 is 1.70 bits per heavy atom. The predicted octanol–water partition coefficient (Wildman–Crippen LogP) is 5.36. The van der Waals surface area contributed by atoms with E-state index in [1.54, 1.807) is 0 Å². The first-order valence-electron chi connectivity index (χ1n) is 10.4. The summed E-state index contributed by atoms with van der Waals surface area (Å²) < 4.78 is 0. The summed E-state index contributed by atoms with van der Waals surface area (Å²) in [6.45, 7) is 0. The van der Waals surface area contributed by atoms with Crippen molar-refractivity contribution in [3.63, 3.8) is 0 Å². The van der Waals surface area contributed by atoms with E-state index in [2.05, 4.69) is 51.2 Å². The first kappa shape index (κ1) is 16.4. The zero-order chi connectivity index (χ0) is 18.3. The molecule has 4 bridgehead atoms. The molecule has 4 saturated carbocycles. The van der Waals surface area contributed by atoms with Gasteiger partial charge >= 0.3 is 0 Å². The van der Waals surface area contributed by atoms with Gasteiger partial charge in [0.15, 0.2) is 5.96 Å². The molecule has 4 fully saturated rings. The molecule has 3 nitrogen and oxygen atoms in total. The van der Waals surface area contributed by atoms with Crippen molar-refractivity contribution in [2.75, 3.05) is 4.90 Å². The maximum Gasteiger partial charge on any atom is 0.193 e. The van der Waals surface area contributed by atoms with Crippen molar-refractivity contribution in [1.29, 1.82) is 5.41 Å². The molecule has 0 saturated heterocycles. The summed E-state index contributed by atoms with van der Waals surface area (Å²) in [5.74, 6) is 3.50. The lowest BCUT2D eigenvalue weighted by molar-refractivity contribution is 0.00126. The van der Waals surface area contributed by atoms with Gasteiger partial charge in [-0.3, -0.25) is 5.41 Å². The van der Waals surface area contributed by atoms with Gasteiger partial charge in [0, 0.05) is 16.6 Å². The van der Waals surface area contributed by atoms with Crippen LogP contribution in [-0.2, 0) is 6.42 Å². The lowest BCUT2D eigenvalue weighted by atomic mass is 9.54. The predicted molar refractivity (Wildman–Crippen MR) is 115 cm³/mol. The lowest BCUT2D eigenvalue weighted by Crippen LogP contribution is -2.59. The van der Waals surface area contributed by atoms with Crippen LogP contribution in [0.15, 0.2) is 30.3 Å².